The van der Waals surface area contributed by atoms with E-state index in [2.05, 4.69) is 55.8 Å². The van der Waals surface area contributed by atoms with Crippen LogP contribution in [-0.2, 0) is 13.0 Å². The van der Waals surface area contributed by atoms with Crippen molar-refractivity contribution in [3.05, 3.63) is 17.5 Å². The fraction of sp³-hybridized carbons (Fsp3) is 0.769. The van der Waals surface area contributed by atoms with Crippen molar-refractivity contribution in [2.75, 3.05) is 13.1 Å². The molecule has 92 valence electrons. The predicted octanol–water partition coefficient (Wildman–Crippen LogP) is 2.39. The Morgan fingerprint density at radius 2 is 2.06 bits per heavy atom. The van der Waals surface area contributed by atoms with E-state index in [1.807, 2.05) is 0 Å². The van der Waals surface area contributed by atoms with E-state index in [-0.39, 0.29) is 5.41 Å². The molecule has 1 aromatic heterocycles. The van der Waals surface area contributed by atoms with Crippen LogP contribution in [0, 0.1) is 12.3 Å². The van der Waals surface area contributed by atoms with Gasteiger partial charge >= 0.3 is 0 Å². The zero-order chi connectivity index (χ0) is 12.2. The summed E-state index contributed by atoms with van der Waals surface area (Å²) in [6.07, 6.45) is 1.08. The van der Waals surface area contributed by atoms with Gasteiger partial charge in [-0.3, -0.25) is 4.68 Å². The van der Waals surface area contributed by atoms with Gasteiger partial charge < -0.3 is 5.32 Å². The number of nitrogens with zero attached hydrogens (tertiary/aromatic N) is 2. The second kappa shape index (κ2) is 5.48. The Morgan fingerprint density at radius 1 is 1.38 bits per heavy atom. The van der Waals surface area contributed by atoms with E-state index in [4.69, 9.17) is 0 Å². The molecular formula is C13H25N3. The summed E-state index contributed by atoms with van der Waals surface area (Å²) in [6.45, 7) is 14.0. The van der Waals surface area contributed by atoms with E-state index >= 15 is 0 Å². The van der Waals surface area contributed by atoms with Crippen LogP contribution in [0.1, 0.15) is 39.1 Å². The predicted molar refractivity (Wildman–Crippen MR) is 68.7 cm³/mol. The molecule has 1 heterocycles. The summed E-state index contributed by atoms with van der Waals surface area (Å²) in [5, 5.41) is 7.91. The first-order chi connectivity index (χ1) is 7.48. The first-order valence-corrected chi connectivity index (χ1v) is 6.22. The zero-order valence-corrected chi connectivity index (χ0v) is 11.3. The van der Waals surface area contributed by atoms with Crippen LogP contribution in [0.5, 0.6) is 0 Å². The molecule has 0 unspecified atom stereocenters. The van der Waals surface area contributed by atoms with E-state index in [0.29, 0.717) is 0 Å². The van der Waals surface area contributed by atoms with Gasteiger partial charge in [0, 0.05) is 18.8 Å². The highest BCUT2D eigenvalue weighted by atomic mass is 15.3. The maximum atomic E-state index is 4.49. The fourth-order valence-corrected chi connectivity index (χ4v) is 2.03. The maximum absolute atomic E-state index is 4.49. The average molecular weight is 223 g/mol. The summed E-state index contributed by atoms with van der Waals surface area (Å²) in [5.41, 5.74) is 2.76. The molecule has 0 aliphatic heterocycles. The average Bonchev–Trinajstić information content (AvgIpc) is 2.55. The minimum atomic E-state index is 0.287. The summed E-state index contributed by atoms with van der Waals surface area (Å²) in [5.74, 6) is 0. The van der Waals surface area contributed by atoms with Gasteiger partial charge in [0.1, 0.15) is 0 Å². The van der Waals surface area contributed by atoms with E-state index in [9.17, 15) is 0 Å². The summed E-state index contributed by atoms with van der Waals surface area (Å²) >= 11 is 0. The summed E-state index contributed by atoms with van der Waals surface area (Å²) < 4.78 is 2.11. The van der Waals surface area contributed by atoms with Crippen LogP contribution in [0.3, 0.4) is 0 Å². The molecule has 0 aliphatic rings. The number of nitrogens with one attached hydrogen (secondary N) is 1. The smallest absolute Gasteiger partial charge is 0.0596 e. The quantitative estimate of drug-likeness (QED) is 0.802. The van der Waals surface area contributed by atoms with Gasteiger partial charge in [-0.1, -0.05) is 20.8 Å². The van der Waals surface area contributed by atoms with Crippen LogP contribution in [-0.4, -0.2) is 22.9 Å². The first-order valence-electron chi connectivity index (χ1n) is 6.22. The third-order valence-electron chi connectivity index (χ3n) is 2.80. The summed E-state index contributed by atoms with van der Waals surface area (Å²) in [6, 6.07) is 2.21. The molecule has 16 heavy (non-hydrogen) atoms. The highest BCUT2D eigenvalue weighted by Crippen LogP contribution is 2.21. The lowest BCUT2D eigenvalue weighted by Gasteiger charge is -2.25. The Morgan fingerprint density at radius 3 is 2.62 bits per heavy atom. The molecule has 0 fully saturated rings. The van der Waals surface area contributed by atoms with Crippen molar-refractivity contribution in [1.29, 1.82) is 0 Å². The minimum Gasteiger partial charge on any atom is -0.316 e. The lowest BCUT2D eigenvalue weighted by atomic mass is 9.87. The molecule has 1 aromatic rings. The normalized spacial score (nSPS) is 12.1. The van der Waals surface area contributed by atoms with E-state index in [1.54, 1.807) is 0 Å². The molecule has 0 aliphatic carbocycles. The standard InChI is InChI=1S/C13H25N3/c1-6-14-10-13(4,5)9-12-8-11(3)15-16(12)7-2/h8,14H,6-7,9-10H2,1-5H3. The third kappa shape index (κ3) is 3.63. The molecule has 0 bridgehead atoms. The number of aromatic nitrogens is 2. The number of aryl methyl sites for hydroxylation is 2. The van der Waals surface area contributed by atoms with Crippen LogP contribution in [0.15, 0.2) is 6.07 Å². The van der Waals surface area contributed by atoms with Gasteiger partial charge in [0.15, 0.2) is 0 Å². The number of hydrogen-bond acceptors (Lipinski definition) is 2. The molecule has 0 saturated heterocycles. The molecule has 3 nitrogen and oxygen atoms in total. The molecule has 0 spiro atoms. The minimum absolute atomic E-state index is 0.287. The van der Waals surface area contributed by atoms with Crippen LogP contribution in [0.2, 0.25) is 0 Å². The largest absolute Gasteiger partial charge is 0.316 e. The van der Waals surface area contributed by atoms with Gasteiger partial charge in [-0.2, -0.15) is 5.10 Å². The molecule has 0 amide bonds. The van der Waals surface area contributed by atoms with E-state index in [1.165, 1.54) is 5.69 Å². The lowest BCUT2D eigenvalue weighted by molar-refractivity contribution is 0.331. The molecule has 3 heteroatoms. The Labute approximate surface area is 99.2 Å². The van der Waals surface area contributed by atoms with Gasteiger partial charge in [-0.05, 0) is 38.3 Å². The van der Waals surface area contributed by atoms with Gasteiger partial charge in [0.25, 0.3) is 0 Å². The Kier molecular flexibility index (Phi) is 4.54. The van der Waals surface area contributed by atoms with Crippen molar-refractivity contribution in [3.8, 4) is 0 Å². The van der Waals surface area contributed by atoms with Crippen LogP contribution in [0.25, 0.3) is 0 Å². The topological polar surface area (TPSA) is 29.9 Å². The fourth-order valence-electron chi connectivity index (χ4n) is 2.03. The molecule has 0 atom stereocenters. The summed E-state index contributed by atoms with van der Waals surface area (Å²) in [7, 11) is 0. The molecule has 1 rings (SSSR count). The highest BCUT2D eigenvalue weighted by Gasteiger charge is 2.20. The van der Waals surface area contributed by atoms with Crippen molar-refractivity contribution in [1.82, 2.24) is 15.1 Å². The first kappa shape index (κ1) is 13.2. The SMILES string of the molecule is CCNCC(C)(C)Cc1cc(C)nn1CC. The Bertz CT molecular complexity index is 326. The zero-order valence-electron chi connectivity index (χ0n) is 11.3. The Hall–Kier alpha value is -0.830. The van der Waals surface area contributed by atoms with Crippen molar-refractivity contribution in [2.45, 2.75) is 47.6 Å². The van der Waals surface area contributed by atoms with Gasteiger partial charge in [-0.25, -0.2) is 0 Å². The number of hydrogen-bond donors (Lipinski definition) is 1. The second-order valence-electron chi connectivity index (χ2n) is 5.21. The number of rotatable bonds is 6. The molecule has 0 radical (unpaired) electrons. The van der Waals surface area contributed by atoms with Crippen molar-refractivity contribution < 1.29 is 0 Å². The molecule has 1 N–H and O–H groups in total. The molecular weight excluding hydrogens is 198 g/mol. The van der Waals surface area contributed by atoms with Crippen LogP contribution < -0.4 is 5.32 Å². The second-order valence-corrected chi connectivity index (χ2v) is 5.21. The lowest BCUT2D eigenvalue weighted by Crippen LogP contribution is -2.31. The van der Waals surface area contributed by atoms with Crippen LogP contribution in [0.4, 0.5) is 0 Å². The third-order valence-corrected chi connectivity index (χ3v) is 2.80. The van der Waals surface area contributed by atoms with Gasteiger partial charge in [-0.15, -0.1) is 0 Å². The van der Waals surface area contributed by atoms with Crippen molar-refractivity contribution >= 4 is 0 Å². The van der Waals surface area contributed by atoms with E-state index < -0.39 is 0 Å². The Balaban J connectivity index is 2.70. The van der Waals surface area contributed by atoms with Crippen LogP contribution >= 0.6 is 0 Å². The van der Waals surface area contributed by atoms with Crippen molar-refractivity contribution in [3.63, 3.8) is 0 Å². The van der Waals surface area contributed by atoms with Gasteiger partial charge in [0.2, 0.25) is 0 Å². The monoisotopic (exact) mass is 223 g/mol. The van der Waals surface area contributed by atoms with Crippen molar-refractivity contribution in [2.24, 2.45) is 5.41 Å². The molecule has 0 aromatic carbocycles. The summed E-state index contributed by atoms with van der Waals surface area (Å²) in [4.78, 5) is 0. The molecule has 0 saturated carbocycles. The van der Waals surface area contributed by atoms with Gasteiger partial charge in [0.05, 0.1) is 5.69 Å². The maximum Gasteiger partial charge on any atom is 0.0596 e. The van der Waals surface area contributed by atoms with E-state index in [0.717, 1.165) is 31.7 Å². The highest BCUT2D eigenvalue weighted by molar-refractivity contribution is 5.11.